The minimum absolute atomic E-state index is 0.296. The summed E-state index contributed by atoms with van der Waals surface area (Å²) in [6, 6.07) is 11.9. The van der Waals surface area contributed by atoms with Gasteiger partial charge in [0.05, 0.1) is 25.1 Å². The molecule has 8 nitrogen and oxygen atoms in total. The third kappa shape index (κ3) is 4.27. The molecule has 0 saturated heterocycles. The Bertz CT molecular complexity index is 1330. The van der Waals surface area contributed by atoms with Crippen molar-refractivity contribution in [3.8, 4) is 11.4 Å². The maximum absolute atomic E-state index is 13.4. The molecule has 1 aliphatic heterocycles. The summed E-state index contributed by atoms with van der Waals surface area (Å²) in [4.78, 5) is 13.5. The summed E-state index contributed by atoms with van der Waals surface area (Å²) in [6.45, 7) is 3.07. The van der Waals surface area contributed by atoms with Gasteiger partial charge >= 0.3 is 0 Å². The molecule has 1 atom stereocenters. The van der Waals surface area contributed by atoms with Gasteiger partial charge in [0.25, 0.3) is 0 Å². The van der Waals surface area contributed by atoms with E-state index in [1.807, 2.05) is 25.1 Å². The molecule has 0 bridgehead atoms. The van der Waals surface area contributed by atoms with Gasteiger partial charge in [-0.05, 0) is 36.8 Å². The van der Waals surface area contributed by atoms with Crippen molar-refractivity contribution >= 4 is 29.1 Å². The van der Waals surface area contributed by atoms with E-state index < -0.39 is 6.10 Å². The number of anilines is 3. The average molecular weight is 481 g/mol. The molecule has 5 rings (SSSR count). The van der Waals surface area contributed by atoms with Crippen molar-refractivity contribution in [3.05, 3.63) is 82.8 Å². The zero-order chi connectivity index (χ0) is 23.7. The lowest BCUT2D eigenvalue weighted by Gasteiger charge is -2.15. The molecule has 10 heteroatoms. The van der Waals surface area contributed by atoms with E-state index in [0.29, 0.717) is 35.8 Å². The lowest BCUT2D eigenvalue weighted by molar-refractivity contribution is 0.0924. The average Bonchev–Trinajstić information content (AvgIpc) is 3.46. The molecule has 1 aliphatic rings. The van der Waals surface area contributed by atoms with Crippen molar-refractivity contribution in [1.82, 2.24) is 19.5 Å². The Kier molecular flexibility index (Phi) is 6.04. The Labute approximate surface area is 200 Å². The summed E-state index contributed by atoms with van der Waals surface area (Å²) in [5.41, 5.74) is 4.01. The van der Waals surface area contributed by atoms with Gasteiger partial charge in [-0.1, -0.05) is 23.7 Å². The Morgan fingerprint density at radius 1 is 1.21 bits per heavy atom. The topological polar surface area (TPSA) is 86.1 Å². The molecule has 3 heterocycles. The van der Waals surface area contributed by atoms with Crippen molar-refractivity contribution in [2.75, 3.05) is 24.3 Å². The first kappa shape index (κ1) is 22.1. The predicted molar refractivity (Wildman–Crippen MR) is 128 cm³/mol. The number of fused-ring (bicyclic) bond motifs is 1. The van der Waals surface area contributed by atoms with E-state index in [1.54, 1.807) is 36.3 Å². The van der Waals surface area contributed by atoms with Gasteiger partial charge < -0.3 is 24.7 Å². The van der Waals surface area contributed by atoms with Gasteiger partial charge in [-0.25, -0.2) is 14.4 Å². The maximum atomic E-state index is 13.4. The molecule has 0 amide bonds. The molecule has 0 spiro atoms. The predicted octanol–water partition coefficient (Wildman–Crippen LogP) is 5.26. The van der Waals surface area contributed by atoms with Gasteiger partial charge in [-0.15, -0.1) is 0 Å². The fourth-order valence-electron chi connectivity index (χ4n) is 3.90. The highest BCUT2D eigenvalue weighted by molar-refractivity contribution is 6.29. The third-order valence-electron chi connectivity index (χ3n) is 5.46. The normalized spacial score (nSPS) is 14.6. The number of nitrogens with one attached hydrogen (secondary N) is 2. The number of hydrogen-bond acceptors (Lipinski definition) is 7. The first-order valence-corrected chi connectivity index (χ1v) is 11.1. The van der Waals surface area contributed by atoms with Gasteiger partial charge in [-0.2, -0.15) is 4.98 Å². The zero-order valence-electron chi connectivity index (χ0n) is 18.5. The molecule has 1 unspecified atom stereocenters. The molecule has 0 fully saturated rings. The number of benzene rings is 2. The van der Waals surface area contributed by atoms with Crippen molar-refractivity contribution in [3.63, 3.8) is 0 Å². The molecule has 0 saturated carbocycles. The Hall–Kier alpha value is -3.69. The van der Waals surface area contributed by atoms with E-state index in [2.05, 4.69) is 20.6 Å². The van der Waals surface area contributed by atoms with Crippen LogP contribution in [0.1, 0.15) is 29.8 Å². The molecular formula is C24H22ClFN6O2. The monoisotopic (exact) mass is 480 g/mol. The molecule has 0 aliphatic carbocycles. The number of ether oxygens (including phenoxy) is 2. The van der Waals surface area contributed by atoms with Gasteiger partial charge in [-0.3, -0.25) is 0 Å². The lowest BCUT2D eigenvalue weighted by atomic mass is 10.0. The SMILES string of the molecule is CCNc1nc(Nc2ccc(-n3cnc(Cl)c3)c(OC)c2)nc2c1COC2c1ccc(F)cc1. The molecule has 4 aromatic rings. The van der Waals surface area contributed by atoms with Gasteiger partial charge in [0.2, 0.25) is 5.95 Å². The van der Waals surface area contributed by atoms with Crippen LogP contribution >= 0.6 is 11.6 Å². The number of aromatic nitrogens is 4. The first-order chi connectivity index (χ1) is 16.6. The van der Waals surface area contributed by atoms with Crippen LogP contribution in [0, 0.1) is 5.82 Å². The highest BCUT2D eigenvalue weighted by Gasteiger charge is 2.30. The van der Waals surface area contributed by atoms with E-state index in [4.69, 9.17) is 26.1 Å². The highest BCUT2D eigenvalue weighted by atomic mass is 35.5. The standard InChI is InChI=1S/C24H22ClFN6O2/c1-3-27-23-17-12-34-22(14-4-6-15(26)7-5-14)21(17)30-24(31-23)29-16-8-9-18(19(10-16)33-2)32-11-20(25)28-13-32/h4-11,13,22H,3,12H2,1-2H3,(H2,27,29,30,31). The van der Waals surface area contributed by atoms with E-state index in [0.717, 1.165) is 28.2 Å². The maximum Gasteiger partial charge on any atom is 0.229 e. The van der Waals surface area contributed by atoms with E-state index >= 15 is 0 Å². The second-order valence-corrected chi connectivity index (χ2v) is 8.04. The van der Waals surface area contributed by atoms with Crippen LogP contribution in [0.2, 0.25) is 5.15 Å². The van der Waals surface area contributed by atoms with Crippen LogP contribution in [0.15, 0.2) is 55.0 Å². The van der Waals surface area contributed by atoms with E-state index in [9.17, 15) is 4.39 Å². The molecule has 2 aromatic heterocycles. The summed E-state index contributed by atoms with van der Waals surface area (Å²) in [6.07, 6.45) is 2.92. The third-order valence-corrected chi connectivity index (χ3v) is 5.66. The van der Waals surface area contributed by atoms with Gasteiger partial charge in [0, 0.05) is 30.1 Å². The molecule has 174 valence electrons. The Balaban J connectivity index is 1.49. The fraction of sp³-hybridized carbons (Fsp3) is 0.208. The minimum Gasteiger partial charge on any atom is -0.494 e. The summed E-state index contributed by atoms with van der Waals surface area (Å²) < 4.78 is 26.8. The lowest BCUT2D eigenvalue weighted by Crippen LogP contribution is -2.10. The summed E-state index contributed by atoms with van der Waals surface area (Å²) in [5, 5.41) is 6.95. The van der Waals surface area contributed by atoms with Crippen LogP contribution in [0.3, 0.4) is 0 Å². The Morgan fingerprint density at radius 3 is 2.74 bits per heavy atom. The van der Waals surface area contributed by atoms with Crippen LogP contribution < -0.4 is 15.4 Å². The van der Waals surface area contributed by atoms with E-state index in [-0.39, 0.29) is 5.82 Å². The number of halogens is 2. The molecule has 2 N–H and O–H groups in total. The summed E-state index contributed by atoms with van der Waals surface area (Å²) in [7, 11) is 1.60. The fourth-order valence-corrected chi connectivity index (χ4v) is 4.04. The summed E-state index contributed by atoms with van der Waals surface area (Å²) in [5.74, 6) is 1.44. The second kappa shape index (κ2) is 9.28. The van der Waals surface area contributed by atoms with Crippen LogP contribution in [0.5, 0.6) is 5.75 Å². The largest absolute Gasteiger partial charge is 0.494 e. The Morgan fingerprint density at radius 2 is 2.03 bits per heavy atom. The smallest absolute Gasteiger partial charge is 0.229 e. The van der Waals surface area contributed by atoms with Gasteiger partial charge in [0.1, 0.15) is 35.0 Å². The minimum atomic E-state index is -0.403. The number of nitrogens with zero attached hydrogens (tertiary/aromatic N) is 4. The van der Waals surface area contributed by atoms with Crippen molar-refractivity contribution in [1.29, 1.82) is 0 Å². The second-order valence-electron chi connectivity index (χ2n) is 7.65. The quantitative estimate of drug-likeness (QED) is 0.373. The number of rotatable bonds is 7. The van der Waals surface area contributed by atoms with Crippen LogP contribution in [-0.2, 0) is 11.3 Å². The highest BCUT2D eigenvalue weighted by Crippen LogP contribution is 2.38. The van der Waals surface area contributed by atoms with Crippen molar-refractivity contribution < 1.29 is 13.9 Å². The number of methoxy groups -OCH3 is 1. The molecule has 34 heavy (non-hydrogen) atoms. The molecular weight excluding hydrogens is 459 g/mol. The van der Waals surface area contributed by atoms with Crippen LogP contribution in [0.4, 0.5) is 21.8 Å². The van der Waals surface area contributed by atoms with Crippen LogP contribution in [-0.4, -0.2) is 33.2 Å². The molecule has 0 radical (unpaired) electrons. The van der Waals surface area contributed by atoms with Crippen molar-refractivity contribution in [2.45, 2.75) is 19.6 Å². The molecule has 2 aromatic carbocycles. The van der Waals surface area contributed by atoms with Crippen LogP contribution in [0.25, 0.3) is 5.69 Å². The number of hydrogen-bond donors (Lipinski definition) is 2. The zero-order valence-corrected chi connectivity index (χ0v) is 19.3. The summed E-state index contributed by atoms with van der Waals surface area (Å²) >= 11 is 5.96. The first-order valence-electron chi connectivity index (χ1n) is 10.7. The van der Waals surface area contributed by atoms with E-state index in [1.165, 1.54) is 12.1 Å². The number of imidazole rings is 1. The van der Waals surface area contributed by atoms with Gasteiger partial charge in [0.15, 0.2) is 0 Å². The van der Waals surface area contributed by atoms with Crippen molar-refractivity contribution in [2.24, 2.45) is 0 Å².